The molecule has 5 nitrogen and oxygen atoms in total. The molecule has 0 aliphatic carbocycles. The number of aromatic nitrogens is 1. The van der Waals surface area contributed by atoms with E-state index in [1.165, 1.54) is 12.3 Å². The first-order valence-electron chi connectivity index (χ1n) is 2.60. The van der Waals surface area contributed by atoms with Crippen molar-refractivity contribution in [3.63, 3.8) is 0 Å². The summed E-state index contributed by atoms with van der Waals surface area (Å²) < 4.78 is 0.658. The fourth-order valence-corrected chi connectivity index (χ4v) is 0.996. The highest BCUT2D eigenvalue weighted by molar-refractivity contribution is 14.1. The second-order valence-electron chi connectivity index (χ2n) is 1.75. The van der Waals surface area contributed by atoms with E-state index in [-0.39, 0.29) is 0 Å². The van der Waals surface area contributed by atoms with Gasteiger partial charge >= 0.3 is 5.82 Å². The van der Waals surface area contributed by atoms with Gasteiger partial charge in [0, 0.05) is 6.07 Å². The van der Waals surface area contributed by atoms with Crippen molar-refractivity contribution >= 4 is 28.4 Å². The largest absolute Gasteiger partial charge is 0.501 e. The number of halogens is 1. The molecule has 0 radical (unpaired) electrons. The SMILES string of the molecule is O=[N+]([O-])c1ncc(I)cc1O. The molecule has 1 aromatic heterocycles. The summed E-state index contributed by atoms with van der Waals surface area (Å²) in [5, 5.41) is 19.1. The van der Waals surface area contributed by atoms with Crippen molar-refractivity contribution in [3.05, 3.63) is 25.9 Å². The molecule has 0 saturated carbocycles. The highest BCUT2D eigenvalue weighted by Gasteiger charge is 2.13. The van der Waals surface area contributed by atoms with Crippen LogP contribution in [0.25, 0.3) is 0 Å². The molecule has 0 aromatic carbocycles. The van der Waals surface area contributed by atoms with Crippen LogP contribution in [-0.2, 0) is 0 Å². The Bertz CT molecular complexity index is 302. The minimum Gasteiger partial charge on any atom is -0.501 e. The Balaban J connectivity index is 3.20. The van der Waals surface area contributed by atoms with Crippen LogP contribution < -0.4 is 0 Å². The first kappa shape index (κ1) is 8.18. The van der Waals surface area contributed by atoms with Gasteiger partial charge in [0.05, 0.1) is 3.57 Å². The van der Waals surface area contributed by atoms with Gasteiger partial charge in [-0.25, -0.2) is 0 Å². The molecular weight excluding hydrogens is 263 g/mol. The summed E-state index contributed by atoms with van der Waals surface area (Å²) >= 11 is 1.90. The predicted octanol–water partition coefficient (Wildman–Crippen LogP) is 1.30. The van der Waals surface area contributed by atoms with E-state index in [9.17, 15) is 10.1 Å². The van der Waals surface area contributed by atoms with E-state index >= 15 is 0 Å². The summed E-state index contributed by atoms with van der Waals surface area (Å²) in [6, 6.07) is 1.28. The zero-order valence-corrected chi connectivity index (χ0v) is 7.35. The summed E-state index contributed by atoms with van der Waals surface area (Å²) in [4.78, 5) is 12.8. The van der Waals surface area contributed by atoms with Crippen LogP contribution in [0.2, 0.25) is 0 Å². The molecule has 0 fully saturated rings. The van der Waals surface area contributed by atoms with Gasteiger partial charge in [-0.1, -0.05) is 0 Å². The van der Waals surface area contributed by atoms with Crippen LogP contribution in [-0.4, -0.2) is 15.0 Å². The number of nitro groups is 1. The summed E-state index contributed by atoms with van der Waals surface area (Å²) in [7, 11) is 0. The summed E-state index contributed by atoms with van der Waals surface area (Å²) in [6.45, 7) is 0. The van der Waals surface area contributed by atoms with Gasteiger partial charge in [0.1, 0.15) is 0 Å². The van der Waals surface area contributed by atoms with Crippen LogP contribution in [0.1, 0.15) is 0 Å². The molecule has 0 unspecified atom stereocenters. The average molecular weight is 266 g/mol. The van der Waals surface area contributed by atoms with E-state index in [0.717, 1.165) is 0 Å². The van der Waals surface area contributed by atoms with Crippen LogP contribution in [0.15, 0.2) is 12.3 Å². The quantitative estimate of drug-likeness (QED) is 0.472. The van der Waals surface area contributed by atoms with Crippen molar-refractivity contribution in [2.75, 3.05) is 0 Å². The summed E-state index contributed by atoms with van der Waals surface area (Å²) in [5.41, 5.74) is 0. The lowest BCUT2D eigenvalue weighted by Crippen LogP contribution is -1.92. The van der Waals surface area contributed by atoms with Crippen LogP contribution in [0.5, 0.6) is 5.75 Å². The maximum absolute atomic E-state index is 10.1. The smallest absolute Gasteiger partial charge is 0.405 e. The minimum atomic E-state index is -0.731. The molecule has 1 rings (SSSR count). The Morgan fingerprint density at radius 2 is 2.36 bits per heavy atom. The molecular formula is C5H3IN2O3. The molecule has 0 aliphatic rings. The molecule has 1 heterocycles. The van der Waals surface area contributed by atoms with Crippen molar-refractivity contribution < 1.29 is 10.0 Å². The number of nitrogens with zero attached hydrogens (tertiary/aromatic N) is 2. The predicted molar refractivity (Wildman–Crippen MR) is 45.3 cm³/mol. The van der Waals surface area contributed by atoms with E-state index in [1.54, 1.807) is 0 Å². The maximum Gasteiger partial charge on any atom is 0.405 e. The second kappa shape index (κ2) is 2.99. The highest BCUT2D eigenvalue weighted by Crippen LogP contribution is 2.23. The van der Waals surface area contributed by atoms with Gasteiger partial charge in [-0.05, 0) is 32.5 Å². The van der Waals surface area contributed by atoms with Crippen molar-refractivity contribution in [2.24, 2.45) is 0 Å². The lowest BCUT2D eigenvalue weighted by atomic mass is 10.4. The molecule has 0 amide bonds. The molecule has 0 saturated heterocycles. The summed E-state index contributed by atoms with van der Waals surface area (Å²) in [6.07, 6.45) is 1.32. The van der Waals surface area contributed by atoms with Gasteiger partial charge in [0.25, 0.3) is 0 Å². The molecule has 0 spiro atoms. The van der Waals surface area contributed by atoms with Crippen LogP contribution in [0.4, 0.5) is 5.82 Å². The lowest BCUT2D eigenvalue weighted by Gasteiger charge is -1.93. The standard InChI is InChI=1S/C5H3IN2O3/c6-3-1-4(9)5(7-2-3)8(10)11/h1-2,9H. The van der Waals surface area contributed by atoms with Gasteiger partial charge in [0.2, 0.25) is 5.75 Å². The first-order chi connectivity index (χ1) is 5.11. The zero-order valence-electron chi connectivity index (χ0n) is 5.19. The summed E-state index contributed by atoms with van der Waals surface area (Å²) in [5.74, 6) is -0.910. The molecule has 58 valence electrons. The second-order valence-corrected chi connectivity index (χ2v) is 3.00. The third-order valence-corrected chi connectivity index (χ3v) is 1.58. The molecule has 0 atom stereocenters. The van der Waals surface area contributed by atoms with E-state index in [2.05, 4.69) is 4.98 Å². The Hall–Kier alpha value is -0.920. The molecule has 1 aromatic rings. The molecule has 6 heteroatoms. The molecule has 0 aliphatic heterocycles. The number of rotatable bonds is 1. The Morgan fingerprint density at radius 3 is 2.82 bits per heavy atom. The van der Waals surface area contributed by atoms with Crippen molar-refractivity contribution in [1.29, 1.82) is 0 Å². The zero-order chi connectivity index (χ0) is 8.43. The van der Waals surface area contributed by atoms with Gasteiger partial charge in [0.15, 0.2) is 6.20 Å². The number of hydrogen-bond donors (Lipinski definition) is 1. The fourth-order valence-electron chi connectivity index (χ4n) is 0.562. The van der Waals surface area contributed by atoms with Crippen molar-refractivity contribution in [3.8, 4) is 5.75 Å². The normalized spacial score (nSPS) is 9.55. The number of aromatic hydroxyl groups is 1. The highest BCUT2D eigenvalue weighted by atomic mass is 127. The average Bonchev–Trinajstić information content (AvgIpc) is 1.85. The van der Waals surface area contributed by atoms with Crippen LogP contribution >= 0.6 is 22.6 Å². The Kier molecular flexibility index (Phi) is 2.22. The van der Waals surface area contributed by atoms with E-state index in [4.69, 9.17) is 5.11 Å². The number of pyridine rings is 1. The minimum absolute atomic E-state index is 0.401. The molecule has 1 N–H and O–H groups in total. The van der Waals surface area contributed by atoms with Gasteiger partial charge < -0.3 is 15.2 Å². The van der Waals surface area contributed by atoms with E-state index in [0.29, 0.717) is 3.57 Å². The third-order valence-electron chi connectivity index (χ3n) is 0.987. The Morgan fingerprint density at radius 1 is 1.73 bits per heavy atom. The maximum atomic E-state index is 10.1. The van der Waals surface area contributed by atoms with Crippen molar-refractivity contribution in [2.45, 2.75) is 0 Å². The first-order valence-corrected chi connectivity index (χ1v) is 3.68. The lowest BCUT2D eigenvalue weighted by molar-refractivity contribution is -0.390. The number of hydrogen-bond acceptors (Lipinski definition) is 4. The molecule has 0 bridgehead atoms. The van der Waals surface area contributed by atoms with Gasteiger partial charge in [-0.15, -0.1) is 0 Å². The van der Waals surface area contributed by atoms with E-state index < -0.39 is 16.5 Å². The van der Waals surface area contributed by atoms with Gasteiger partial charge in [-0.2, -0.15) is 0 Å². The molecule has 11 heavy (non-hydrogen) atoms. The topological polar surface area (TPSA) is 76.3 Å². The third kappa shape index (κ3) is 1.76. The van der Waals surface area contributed by atoms with E-state index in [1.807, 2.05) is 22.6 Å². The van der Waals surface area contributed by atoms with Gasteiger partial charge in [-0.3, -0.25) is 0 Å². The Labute approximate surface area is 75.4 Å². The van der Waals surface area contributed by atoms with Crippen LogP contribution in [0.3, 0.4) is 0 Å². The van der Waals surface area contributed by atoms with Crippen LogP contribution in [0, 0.1) is 13.7 Å². The van der Waals surface area contributed by atoms with Crippen molar-refractivity contribution in [1.82, 2.24) is 4.98 Å². The monoisotopic (exact) mass is 266 g/mol. The fraction of sp³-hybridized carbons (Fsp3) is 0.